The van der Waals surface area contributed by atoms with Gasteiger partial charge < -0.3 is 5.11 Å². The van der Waals surface area contributed by atoms with Crippen molar-refractivity contribution >= 4 is 11.6 Å². The van der Waals surface area contributed by atoms with Gasteiger partial charge in [-0.25, -0.2) is 4.39 Å². The van der Waals surface area contributed by atoms with E-state index >= 15 is 0 Å². The van der Waals surface area contributed by atoms with Crippen LogP contribution < -0.4 is 0 Å². The van der Waals surface area contributed by atoms with Gasteiger partial charge in [0.05, 0.1) is 6.10 Å². The van der Waals surface area contributed by atoms with Gasteiger partial charge in [-0.3, -0.25) is 14.8 Å². The number of nitrogens with zero attached hydrogens (tertiary/aromatic N) is 3. The first-order chi connectivity index (χ1) is 13.5. The van der Waals surface area contributed by atoms with Crippen LogP contribution in [-0.2, 0) is 13.1 Å². The number of hydrogen-bond acceptors (Lipinski definition) is 4. The highest BCUT2D eigenvalue weighted by atomic mass is 35.5. The van der Waals surface area contributed by atoms with Gasteiger partial charge >= 0.3 is 0 Å². The zero-order valence-corrected chi connectivity index (χ0v) is 16.8. The molecule has 4 nitrogen and oxygen atoms in total. The van der Waals surface area contributed by atoms with Crippen molar-refractivity contribution in [1.29, 1.82) is 0 Å². The predicted octanol–water partition coefficient (Wildman–Crippen LogP) is 3.72. The van der Waals surface area contributed by atoms with E-state index in [9.17, 15) is 9.50 Å². The number of piperidine rings is 2. The molecule has 1 aromatic heterocycles. The maximum absolute atomic E-state index is 14.2. The van der Waals surface area contributed by atoms with Gasteiger partial charge in [0, 0.05) is 49.2 Å². The first kappa shape index (κ1) is 19.8. The second-order valence-corrected chi connectivity index (χ2v) is 8.84. The Bertz CT molecular complexity index is 796. The van der Waals surface area contributed by atoms with Crippen molar-refractivity contribution < 1.29 is 9.50 Å². The minimum Gasteiger partial charge on any atom is -0.392 e. The minimum absolute atomic E-state index is 0.109. The van der Waals surface area contributed by atoms with Crippen LogP contribution in [0.1, 0.15) is 30.4 Å². The normalized spacial score (nSPS) is 23.2. The van der Waals surface area contributed by atoms with E-state index in [0.717, 1.165) is 45.4 Å². The molecule has 2 saturated heterocycles. The van der Waals surface area contributed by atoms with E-state index in [4.69, 9.17) is 11.6 Å². The van der Waals surface area contributed by atoms with Gasteiger partial charge in [-0.05, 0) is 67.6 Å². The summed E-state index contributed by atoms with van der Waals surface area (Å²) in [6, 6.07) is 8.78. The Labute approximate surface area is 170 Å². The van der Waals surface area contributed by atoms with Gasteiger partial charge in [0.25, 0.3) is 0 Å². The van der Waals surface area contributed by atoms with E-state index in [1.54, 1.807) is 18.3 Å². The molecule has 0 bridgehead atoms. The number of benzene rings is 1. The highest BCUT2D eigenvalue weighted by Crippen LogP contribution is 2.40. The largest absolute Gasteiger partial charge is 0.392 e. The van der Waals surface area contributed by atoms with Crippen LogP contribution in [0.15, 0.2) is 42.7 Å². The van der Waals surface area contributed by atoms with Crippen molar-refractivity contribution in [3.8, 4) is 0 Å². The summed E-state index contributed by atoms with van der Waals surface area (Å²) in [6.07, 6.45) is 6.31. The van der Waals surface area contributed by atoms with Crippen molar-refractivity contribution in [3.05, 3.63) is 64.7 Å². The summed E-state index contributed by atoms with van der Waals surface area (Å²) in [4.78, 5) is 8.86. The first-order valence-corrected chi connectivity index (χ1v) is 10.3. The Morgan fingerprint density at radius 3 is 2.75 bits per heavy atom. The number of likely N-dealkylation sites (tertiary alicyclic amines) is 2. The SMILES string of the molecule is OC1CN(Cc2cc(Cl)ccc2F)CC2(CCN(Cc3cccnc3)CC2)C1. The molecule has 2 aliphatic heterocycles. The maximum atomic E-state index is 14.2. The molecule has 0 radical (unpaired) electrons. The lowest BCUT2D eigenvalue weighted by Gasteiger charge is -2.49. The Morgan fingerprint density at radius 1 is 1.18 bits per heavy atom. The first-order valence-electron chi connectivity index (χ1n) is 9.97. The quantitative estimate of drug-likeness (QED) is 0.844. The van der Waals surface area contributed by atoms with E-state index < -0.39 is 0 Å². The Morgan fingerprint density at radius 2 is 2.00 bits per heavy atom. The van der Waals surface area contributed by atoms with Crippen LogP contribution in [0.2, 0.25) is 5.02 Å². The predicted molar refractivity (Wildman–Crippen MR) is 108 cm³/mol. The number of aromatic nitrogens is 1. The van der Waals surface area contributed by atoms with Crippen molar-refractivity contribution in [2.24, 2.45) is 5.41 Å². The van der Waals surface area contributed by atoms with E-state index in [0.29, 0.717) is 23.7 Å². The lowest BCUT2D eigenvalue weighted by Crippen LogP contribution is -2.53. The summed E-state index contributed by atoms with van der Waals surface area (Å²) in [7, 11) is 0. The molecule has 1 atom stereocenters. The van der Waals surface area contributed by atoms with Crippen molar-refractivity contribution in [2.45, 2.75) is 38.5 Å². The molecular weight excluding hydrogens is 377 g/mol. The minimum atomic E-state index is -0.360. The monoisotopic (exact) mass is 403 g/mol. The number of halogens is 2. The third-order valence-corrected chi connectivity index (χ3v) is 6.38. The average molecular weight is 404 g/mol. The molecule has 2 fully saturated rings. The van der Waals surface area contributed by atoms with Gasteiger partial charge in [-0.1, -0.05) is 17.7 Å². The van der Waals surface area contributed by atoms with E-state index in [2.05, 4.69) is 20.9 Å². The van der Waals surface area contributed by atoms with Crippen molar-refractivity contribution in [1.82, 2.24) is 14.8 Å². The molecular formula is C22H27ClFN3O. The molecule has 28 heavy (non-hydrogen) atoms. The van der Waals surface area contributed by atoms with Gasteiger partial charge in [-0.15, -0.1) is 0 Å². The topological polar surface area (TPSA) is 39.6 Å². The highest BCUT2D eigenvalue weighted by Gasteiger charge is 2.41. The van der Waals surface area contributed by atoms with Gasteiger partial charge in [-0.2, -0.15) is 0 Å². The summed E-state index contributed by atoms with van der Waals surface area (Å²) in [5.74, 6) is -0.232. The zero-order valence-electron chi connectivity index (χ0n) is 16.0. The van der Waals surface area contributed by atoms with Gasteiger partial charge in [0.15, 0.2) is 0 Å². The van der Waals surface area contributed by atoms with Crippen LogP contribution in [0.25, 0.3) is 0 Å². The number of hydrogen-bond donors (Lipinski definition) is 1. The van der Waals surface area contributed by atoms with E-state index in [-0.39, 0.29) is 17.3 Å². The highest BCUT2D eigenvalue weighted by molar-refractivity contribution is 6.30. The molecule has 3 heterocycles. The molecule has 2 aromatic rings. The van der Waals surface area contributed by atoms with E-state index in [1.165, 1.54) is 11.6 Å². The summed E-state index contributed by atoms with van der Waals surface area (Å²) in [5, 5.41) is 11.1. The summed E-state index contributed by atoms with van der Waals surface area (Å²) < 4.78 is 14.2. The average Bonchev–Trinajstić information content (AvgIpc) is 2.67. The van der Waals surface area contributed by atoms with Crippen LogP contribution in [0.5, 0.6) is 0 Å². The Balaban J connectivity index is 1.39. The summed E-state index contributed by atoms with van der Waals surface area (Å²) >= 11 is 6.04. The second kappa shape index (κ2) is 8.46. The fraction of sp³-hybridized carbons (Fsp3) is 0.500. The zero-order chi connectivity index (χ0) is 19.6. The molecule has 0 aliphatic carbocycles. The van der Waals surface area contributed by atoms with Crippen LogP contribution in [0.3, 0.4) is 0 Å². The number of pyridine rings is 1. The third kappa shape index (κ3) is 4.71. The molecule has 2 aliphatic rings. The molecule has 0 saturated carbocycles. The van der Waals surface area contributed by atoms with Gasteiger partial charge in [0.1, 0.15) is 5.82 Å². The van der Waals surface area contributed by atoms with Crippen molar-refractivity contribution in [3.63, 3.8) is 0 Å². The Hall–Kier alpha value is -1.53. The van der Waals surface area contributed by atoms with Crippen LogP contribution in [0.4, 0.5) is 4.39 Å². The van der Waals surface area contributed by atoms with Crippen LogP contribution in [0, 0.1) is 11.2 Å². The lowest BCUT2D eigenvalue weighted by atomic mass is 9.71. The standard InChI is InChI=1S/C22H27ClFN3O/c23-19-3-4-21(24)18(10-19)14-27-15-20(28)11-22(16-27)5-8-26(9-6-22)13-17-2-1-7-25-12-17/h1-4,7,10,12,20,28H,5-6,8-9,11,13-16H2. The molecule has 1 aromatic carbocycles. The van der Waals surface area contributed by atoms with Crippen molar-refractivity contribution in [2.75, 3.05) is 26.2 Å². The lowest BCUT2D eigenvalue weighted by molar-refractivity contribution is -0.0449. The maximum Gasteiger partial charge on any atom is 0.127 e. The van der Waals surface area contributed by atoms with Crippen LogP contribution in [-0.4, -0.2) is 52.2 Å². The molecule has 1 N–H and O–H groups in total. The van der Waals surface area contributed by atoms with Gasteiger partial charge in [0.2, 0.25) is 0 Å². The number of rotatable bonds is 4. The molecule has 1 spiro atoms. The smallest absolute Gasteiger partial charge is 0.127 e. The fourth-order valence-corrected chi connectivity index (χ4v) is 4.98. The second-order valence-electron chi connectivity index (χ2n) is 8.40. The molecule has 150 valence electrons. The third-order valence-electron chi connectivity index (χ3n) is 6.14. The fourth-order valence-electron chi connectivity index (χ4n) is 4.79. The summed E-state index contributed by atoms with van der Waals surface area (Å²) in [6.45, 7) is 4.93. The number of β-amino-alcohol motifs (C(OH)–C–C–N with tert-alkyl or cyclic N) is 1. The number of aliphatic hydroxyl groups is 1. The molecule has 0 amide bonds. The van der Waals surface area contributed by atoms with E-state index in [1.807, 2.05) is 12.3 Å². The Kier molecular flexibility index (Phi) is 5.97. The molecule has 1 unspecified atom stereocenters. The molecule has 6 heteroatoms. The molecule has 4 rings (SSSR count). The number of aliphatic hydroxyl groups excluding tert-OH is 1. The van der Waals surface area contributed by atoms with Crippen LogP contribution >= 0.6 is 11.6 Å². The summed E-state index contributed by atoms with van der Waals surface area (Å²) in [5.41, 5.74) is 1.95.